The van der Waals surface area contributed by atoms with Gasteiger partial charge in [-0.25, -0.2) is 0 Å². The van der Waals surface area contributed by atoms with Crippen molar-refractivity contribution in [1.82, 2.24) is 0 Å². The number of benzene rings is 17. The van der Waals surface area contributed by atoms with Crippen molar-refractivity contribution in [3.63, 3.8) is 0 Å². The van der Waals surface area contributed by atoms with Gasteiger partial charge in [-0.3, -0.25) is 0 Å². The fourth-order valence-electron chi connectivity index (χ4n) is 17.0. The molecule has 0 bridgehead atoms. The lowest BCUT2D eigenvalue weighted by Gasteiger charge is -2.34. The minimum atomic E-state index is -0.358. The van der Waals surface area contributed by atoms with Crippen LogP contribution in [0.15, 0.2) is 425 Å². The topological polar surface area (TPSA) is 48.1 Å². The van der Waals surface area contributed by atoms with Gasteiger partial charge < -0.3 is 21.3 Å². The molecule has 110 heavy (non-hydrogen) atoms. The summed E-state index contributed by atoms with van der Waals surface area (Å²) >= 11 is 3.71. The predicted molar refractivity (Wildman–Crippen MR) is 469 cm³/mol. The van der Waals surface area contributed by atoms with Crippen molar-refractivity contribution in [2.45, 2.75) is 10.8 Å². The minimum absolute atomic E-state index is 0.284. The zero-order valence-corrected chi connectivity index (χ0v) is 61.9. The van der Waals surface area contributed by atoms with Gasteiger partial charge in [0.2, 0.25) is 0 Å². The summed E-state index contributed by atoms with van der Waals surface area (Å²) < 4.78 is 5.34. The van der Waals surface area contributed by atoms with Crippen molar-refractivity contribution in [2.75, 3.05) is 21.3 Å². The first-order valence-corrected chi connectivity index (χ1v) is 39.2. The number of para-hydroxylation sites is 3. The predicted octanol–water partition coefficient (Wildman–Crippen LogP) is 28.8. The second-order valence-electron chi connectivity index (χ2n) is 28.1. The van der Waals surface area contributed by atoms with Gasteiger partial charge in [-0.2, -0.15) is 0 Å². The third-order valence-electron chi connectivity index (χ3n) is 21.7. The molecule has 3 aliphatic rings. The van der Waals surface area contributed by atoms with Crippen LogP contribution in [0.1, 0.15) is 44.5 Å². The molecule has 0 amide bonds. The summed E-state index contributed by atoms with van der Waals surface area (Å²) in [5.41, 5.74) is 29.4. The molecule has 2 aromatic heterocycles. The fraction of sp³-hybridized carbons (Fsp3) is 0.0192. The minimum Gasteiger partial charge on any atom is -0.356 e. The van der Waals surface area contributed by atoms with Gasteiger partial charge in [-0.05, 0) is 193 Å². The zero-order valence-electron chi connectivity index (χ0n) is 60.2. The molecular formula is C104H74N4S2. The molecule has 3 aliphatic carbocycles. The second-order valence-corrected chi connectivity index (χ2v) is 30.2. The van der Waals surface area contributed by atoms with Crippen LogP contribution in [0.5, 0.6) is 0 Å². The van der Waals surface area contributed by atoms with Gasteiger partial charge in [-0.15, -0.1) is 22.7 Å². The van der Waals surface area contributed by atoms with Crippen molar-refractivity contribution < 1.29 is 0 Å². The van der Waals surface area contributed by atoms with Gasteiger partial charge >= 0.3 is 0 Å². The summed E-state index contributed by atoms with van der Waals surface area (Å²) in [4.78, 5) is 0. The van der Waals surface area contributed by atoms with E-state index in [2.05, 4.69) is 416 Å². The van der Waals surface area contributed by atoms with Crippen LogP contribution in [-0.2, 0) is 10.8 Å². The first-order chi connectivity index (χ1) is 54.5. The number of rotatable bonds is 11. The second kappa shape index (κ2) is 29.3. The Hall–Kier alpha value is -13.6. The molecule has 6 heteroatoms. The molecule has 2 heterocycles. The SMILES string of the molecule is c1ccc(Nc2ccc(-c3ccccc3)cc2)cc1.c1ccc(Nc2ccc3c(c2)C(c2ccccc2)(c2ccccc2)c2ccccc2-3)cc1.c1ccc(Nc2cccc3c2-c2ccccc2C32c3ccccc3-c3ccccc32)cc1.c1ccc2c(c1)sc1cc(Nc3ccc4sc5ccccc5c4c3)ccc12. The third-order valence-corrected chi connectivity index (χ3v) is 24.0. The summed E-state index contributed by atoms with van der Waals surface area (Å²) in [5, 5.41) is 19.6. The highest BCUT2D eigenvalue weighted by Crippen LogP contribution is 2.64. The van der Waals surface area contributed by atoms with E-state index in [-0.39, 0.29) is 10.8 Å². The Morgan fingerprint density at radius 3 is 1.12 bits per heavy atom. The lowest BCUT2D eigenvalue weighted by molar-refractivity contribution is 0.769. The Balaban J connectivity index is 0.000000101. The average molecular weight is 1440 g/mol. The van der Waals surface area contributed by atoms with Crippen LogP contribution in [-0.4, -0.2) is 0 Å². The first-order valence-electron chi connectivity index (χ1n) is 37.5. The smallest absolute Gasteiger partial charge is 0.0726 e. The normalized spacial score (nSPS) is 12.5. The lowest BCUT2D eigenvalue weighted by atomic mass is 9.67. The molecule has 0 fully saturated rings. The average Bonchev–Trinajstić information content (AvgIpc) is 1.51. The van der Waals surface area contributed by atoms with E-state index < -0.39 is 0 Å². The van der Waals surface area contributed by atoms with Crippen LogP contribution in [0.3, 0.4) is 0 Å². The molecule has 0 saturated heterocycles. The van der Waals surface area contributed by atoms with Crippen LogP contribution in [0.25, 0.3) is 84.9 Å². The van der Waals surface area contributed by atoms with Crippen LogP contribution in [0.2, 0.25) is 0 Å². The molecular weight excluding hydrogens is 1370 g/mol. The number of hydrogen-bond donors (Lipinski definition) is 4. The van der Waals surface area contributed by atoms with Crippen molar-refractivity contribution in [3.8, 4) is 44.5 Å². The number of nitrogens with one attached hydrogen (secondary N) is 4. The Kier molecular flexibility index (Phi) is 17.8. The molecule has 0 unspecified atom stereocenters. The Morgan fingerprint density at radius 2 is 0.536 bits per heavy atom. The summed E-state index contributed by atoms with van der Waals surface area (Å²) in [6, 6.07) is 151. The highest BCUT2D eigenvalue weighted by molar-refractivity contribution is 7.26. The van der Waals surface area contributed by atoms with E-state index >= 15 is 0 Å². The molecule has 0 saturated carbocycles. The zero-order chi connectivity index (χ0) is 73.2. The number of hydrogen-bond acceptors (Lipinski definition) is 6. The van der Waals surface area contributed by atoms with E-state index in [4.69, 9.17) is 0 Å². The van der Waals surface area contributed by atoms with E-state index in [9.17, 15) is 0 Å². The number of thiophene rings is 2. The highest BCUT2D eigenvalue weighted by atomic mass is 32.1. The standard InChI is InChI=1S/C31H21N.C31H23N.C24H15NS2.C18H15N/c1-2-11-21(12-3-1)32-29-20-10-19-28-30(29)24-15-6-9-18-27(24)31(28)25-16-7-4-13-22(25)23-14-5-8-17-26(23)31;1-4-12-23(13-5-1)31(24-14-6-2-7-15-24)29-19-11-10-18-27(29)28-21-20-26(22-30(28)31)32-25-16-8-3-9-17-25;1-3-7-21-17(5-1)19-11-9-16(14-24(19)27-21)25-15-10-12-23-20(13-15)18-6-2-4-8-22(18)26-23;1-3-7-15(8-4-1)16-11-13-18(14-12-16)19-17-9-5-2-6-10-17/h1-20,32H;1-22,32H;1-14,25H;1-14,19H. The van der Waals surface area contributed by atoms with Crippen LogP contribution in [0, 0.1) is 0 Å². The Bertz CT molecular complexity index is 6420. The molecule has 1 spiro atoms. The maximum atomic E-state index is 3.70. The maximum Gasteiger partial charge on any atom is 0.0726 e. The van der Waals surface area contributed by atoms with E-state index in [1.54, 1.807) is 0 Å². The van der Waals surface area contributed by atoms with Gasteiger partial charge in [0, 0.05) is 91.4 Å². The maximum absolute atomic E-state index is 3.70. The molecule has 4 nitrogen and oxygen atoms in total. The third kappa shape index (κ3) is 12.2. The van der Waals surface area contributed by atoms with E-state index in [1.807, 2.05) is 53.0 Å². The van der Waals surface area contributed by atoms with Crippen molar-refractivity contribution in [2.24, 2.45) is 0 Å². The van der Waals surface area contributed by atoms with Gasteiger partial charge in [0.05, 0.1) is 10.8 Å². The largest absolute Gasteiger partial charge is 0.356 e. The molecule has 522 valence electrons. The Morgan fingerprint density at radius 1 is 0.182 bits per heavy atom. The molecule has 17 aromatic carbocycles. The summed E-state index contributed by atoms with van der Waals surface area (Å²) in [6.07, 6.45) is 0. The van der Waals surface area contributed by atoms with Crippen LogP contribution in [0.4, 0.5) is 45.5 Å². The molecule has 0 radical (unpaired) electrons. The molecule has 0 aliphatic heterocycles. The van der Waals surface area contributed by atoms with E-state index in [0.29, 0.717) is 0 Å². The lowest BCUT2D eigenvalue weighted by Crippen LogP contribution is -2.28. The Labute approximate surface area is 649 Å². The monoisotopic (exact) mass is 1440 g/mol. The van der Waals surface area contributed by atoms with Crippen molar-refractivity contribution >= 4 is 109 Å². The van der Waals surface area contributed by atoms with Gasteiger partial charge in [0.1, 0.15) is 0 Å². The quantitative estimate of drug-likeness (QED) is 0.104. The van der Waals surface area contributed by atoms with E-state index in [1.165, 1.54) is 129 Å². The van der Waals surface area contributed by atoms with Crippen LogP contribution >= 0.6 is 22.7 Å². The van der Waals surface area contributed by atoms with Crippen molar-refractivity contribution in [1.29, 1.82) is 0 Å². The van der Waals surface area contributed by atoms with E-state index in [0.717, 1.165) is 45.5 Å². The van der Waals surface area contributed by atoms with Gasteiger partial charge in [0.25, 0.3) is 0 Å². The molecule has 22 rings (SSSR count). The van der Waals surface area contributed by atoms with Crippen LogP contribution < -0.4 is 21.3 Å². The summed E-state index contributed by atoms with van der Waals surface area (Å²) in [6.45, 7) is 0. The molecule has 0 atom stereocenters. The summed E-state index contributed by atoms with van der Waals surface area (Å²) in [5.74, 6) is 0. The van der Waals surface area contributed by atoms with Gasteiger partial charge in [-0.1, -0.05) is 315 Å². The molecule has 19 aromatic rings. The first kappa shape index (κ1) is 67.0. The van der Waals surface area contributed by atoms with Gasteiger partial charge in [0.15, 0.2) is 0 Å². The highest BCUT2D eigenvalue weighted by Gasteiger charge is 2.52. The van der Waals surface area contributed by atoms with Crippen molar-refractivity contribution in [3.05, 3.63) is 469 Å². The summed E-state index contributed by atoms with van der Waals surface area (Å²) in [7, 11) is 0. The molecule has 4 N–H and O–H groups in total. The fourth-order valence-corrected chi connectivity index (χ4v) is 19.2. The number of anilines is 8. The number of fused-ring (bicyclic) bond motifs is 19.